The van der Waals surface area contributed by atoms with Gasteiger partial charge in [-0.05, 0) is 56.2 Å². The van der Waals surface area contributed by atoms with Crippen molar-refractivity contribution in [3.63, 3.8) is 0 Å². The summed E-state index contributed by atoms with van der Waals surface area (Å²) in [5.41, 5.74) is 4.87. The van der Waals surface area contributed by atoms with Gasteiger partial charge >= 0.3 is 0 Å². The van der Waals surface area contributed by atoms with Crippen molar-refractivity contribution >= 4 is 27.3 Å². The summed E-state index contributed by atoms with van der Waals surface area (Å²) in [5, 5.41) is 5.92. The highest BCUT2D eigenvalue weighted by Gasteiger charge is 2.16. The number of nitrogens with zero attached hydrogens (tertiary/aromatic N) is 1. The lowest BCUT2D eigenvalue weighted by molar-refractivity contribution is -0.114. The molecule has 0 bridgehead atoms. The van der Waals surface area contributed by atoms with Crippen LogP contribution in [-0.2, 0) is 14.8 Å². The SMILES string of the molecule is Cc1cc(C)c(NCC(=O)Nc2ccc(S(=O)(=O)N(C)C)cc2)c(C)c1. The molecule has 0 spiro atoms. The summed E-state index contributed by atoms with van der Waals surface area (Å²) >= 11 is 0. The number of nitrogens with one attached hydrogen (secondary N) is 2. The fourth-order valence-electron chi connectivity index (χ4n) is 2.75. The van der Waals surface area contributed by atoms with Gasteiger partial charge in [-0.3, -0.25) is 4.79 Å². The molecular formula is C19H25N3O3S. The summed E-state index contributed by atoms with van der Waals surface area (Å²) < 4.78 is 25.2. The zero-order valence-corrected chi connectivity index (χ0v) is 16.6. The number of carbonyl (C=O) groups excluding carboxylic acids is 1. The van der Waals surface area contributed by atoms with Crippen molar-refractivity contribution in [2.75, 3.05) is 31.3 Å². The Morgan fingerprint density at radius 1 is 1.00 bits per heavy atom. The van der Waals surface area contributed by atoms with Gasteiger partial charge in [-0.25, -0.2) is 12.7 Å². The van der Waals surface area contributed by atoms with Crippen molar-refractivity contribution < 1.29 is 13.2 Å². The molecular weight excluding hydrogens is 350 g/mol. The van der Waals surface area contributed by atoms with Gasteiger partial charge in [-0.2, -0.15) is 0 Å². The number of anilines is 2. The van der Waals surface area contributed by atoms with E-state index in [0.29, 0.717) is 5.69 Å². The van der Waals surface area contributed by atoms with Gasteiger partial charge in [-0.15, -0.1) is 0 Å². The smallest absolute Gasteiger partial charge is 0.243 e. The normalized spacial score (nSPS) is 11.5. The quantitative estimate of drug-likeness (QED) is 0.814. The fourth-order valence-corrected chi connectivity index (χ4v) is 3.66. The molecule has 140 valence electrons. The Hall–Kier alpha value is -2.38. The summed E-state index contributed by atoms with van der Waals surface area (Å²) in [6, 6.07) is 10.3. The van der Waals surface area contributed by atoms with Gasteiger partial charge in [0.05, 0.1) is 11.4 Å². The van der Waals surface area contributed by atoms with Crippen LogP contribution < -0.4 is 10.6 Å². The van der Waals surface area contributed by atoms with Crippen LogP contribution in [0.5, 0.6) is 0 Å². The van der Waals surface area contributed by atoms with Gasteiger partial charge < -0.3 is 10.6 Å². The fraction of sp³-hybridized carbons (Fsp3) is 0.316. The van der Waals surface area contributed by atoms with E-state index in [1.54, 1.807) is 12.1 Å². The number of carbonyl (C=O) groups is 1. The summed E-state index contributed by atoms with van der Waals surface area (Å²) in [6.45, 7) is 6.17. The molecule has 0 aliphatic rings. The number of benzene rings is 2. The molecule has 0 atom stereocenters. The number of hydrogen-bond acceptors (Lipinski definition) is 4. The highest BCUT2D eigenvalue weighted by atomic mass is 32.2. The Morgan fingerprint density at radius 3 is 2.04 bits per heavy atom. The molecule has 0 aliphatic carbocycles. The Labute approximate surface area is 155 Å². The first-order valence-corrected chi connectivity index (χ1v) is 9.69. The van der Waals surface area contributed by atoms with Crippen LogP contribution in [0.3, 0.4) is 0 Å². The van der Waals surface area contributed by atoms with Gasteiger partial charge in [0.25, 0.3) is 0 Å². The minimum atomic E-state index is -3.47. The molecule has 2 N–H and O–H groups in total. The largest absolute Gasteiger partial charge is 0.376 e. The molecule has 2 rings (SSSR count). The third kappa shape index (κ3) is 4.62. The van der Waals surface area contributed by atoms with Crippen molar-refractivity contribution in [3.8, 4) is 0 Å². The van der Waals surface area contributed by atoms with Gasteiger partial charge in [0.2, 0.25) is 15.9 Å². The van der Waals surface area contributed by atoms with E-state index in [0.717, 1.165) is 21.1 Å². The topological polar surface area (TPSA) is 78.5 Å². The lowest BCUT2D eigenvalue weighted by atomic mass is 10.1. The Morgan fingerprint density at radius 2 is 1.54 bits per heavy atom. The molecule has 2 aromatic carbocycles. The van der Waals surface area contributed by atoms with Crippen LogP contribution in [0.2, 0.25) is 0 Å². The summed E-state index contributed by atoms with van der Waals surface area (Å²) in [7, 11) is -0.517. The second kappa shape index (κ2) is 7.88. The maximum atomic E-state index is 12.2. The van der Waals surface area contributed by atoms with Crippen LogP contribution in [-0.4, -0.2) is 39.3 Å². The molecule has 0 unspecified atom stereocenters. The van der Waals surface area contributed by atoms with E-state index in [1.807, 2.05) is 20.8 Å². The predicted octanol–water partition coefficient (Wildman–Crippen LogP) is 2.91. The molecule has 2 aromatic rings. The van der Waals surface area contributed by atoms with Crippen LogP contribution in [0.4, 0.5) is 11.4 Å². The number of aryl methyl sites for hydroxylation is 3. The zero-order valence-electron chi connectivity index (χ0n) is 15.8. The monoisotopic (exact) mass is 375 g/mol. The van der Waals surface area contributed by atoms with Crippen molar-refractivity contribution in [1.82, 2.24) is 4.31 Å². The molecule has 7 heteroatoms. The molecule has 0 fully saturated rings. The van der Waals surface area contributed by atoms with Crippen molar-refractivity contribution in [1.29, 1.82) is 0 Å². The average Bonchev–Trinajstić information content (AvgIpc) is 2.54. The van der Waals surface area contributed by atoms with E-state index in [9.17, 15) is 13.2 Å². The van der Waals surface area contributed by atoms with E-state index in [1.165, 1.54) is 31.8 Å². The third-order valence-electron chi connectivity index (χ3n) is 4.02. The first-order valence-electron chi connectivity index (χ1n) is 8.25. The van der Waals surface area contributed by atoms with Gasteiger partial charge in [0.1, 0.15) is 0 Å². The van der Waals surface area contributed by atoms with Crippen molar-refractivity contribution in [2.24, 2.45) is 0 Å². The lowest BCUT2D eigenvalue weighted by Crippen LogP contribution is -2.23. The number of hydrogen-bond donors (Lipinski definition) is 2. The molecule has 0 aromatic heterocycles. The highest BCUT2D eigenvalue weighted by molar-refractivity contribution is 7.89. The maximum absolute atomic E-state index is 12.2. The van der Waals surface area contributed by atoms with Gasteiger partial charge in [-0.1, -0.05) is 17.7 Å². The first kappa shape index (κ1) is 19.9. The standard InChI is InChI=1S/C19H25N3O3S/c1-13-10-14(2)19(15(3)11-13)20-12-18(23)21-16-6-8-17(9-7-16)26(24,25)22(4)5/h6-11,20H,12H2,1-5H3,(H,21,23). The van der Waals surface area contributed by atoms with E-state index in [4.69, 9.17) is 0 Å². The Bertz CT molecular complexity index is 881. The van der Waals surface area contributed by atoms with Crippen LogP contribution in [0, 0.1) is 20.8 Å². The maximum Gasteiger partial charge on any atom is 0.243 e. The van der Waals surface area contributed by atoms with E-state index >= 15 is 0 Å². The second-order valence-corrected chi connectivity index (χ2v) is 8.64. The van der Waals surface area contributed by atoms with Gasteiger partial charge in [0, 0.05) is 25.5 Å². The number of amides is 1. The van der Waals surface area contributed by atoms with Crippen LogP contribution in [0.1, 0.15) is 16.7 Å². The van der Waals surface area contributed by atoms with Crippen LogP contribution in [0.25, 0.3) is 0 Å². The number of sulfonamides is 1. The molecule has 0 saturated carbocycles. The molecule has 0 aliphatic heterocycles. The highest BCUT2D eigenvalue weighted by Crippen LogP contribution is 2.22. The summed E-state index contributed by atoms with van der Waals surface area (Å²) in [6.07, 6.45) is 0. The third-order valence-corrected chi connectivity index (χ3v) is 5.85. The minimum Gasteiger partial charge on any atom is -0.376 e. The summed E-state index contributed by atoms with van der Waals surface area (Å²) in [5.74, 6) is -0.201. The minimum absolute atomic E-state index is 0.127. The second-order valence-electron chi connectivity index (χ2n) is 6.49. The molecule has 1 amide bonds. The lowest BCUT2D eigenvalue weighted by Gasteiger charge is -2.14. The van der Waals surface area contributed by atoms with E-state index < -0.39 is 10.0 Å². The molecule has 6 nitrogen and oxygen atoms in total. The molecule has 26 heavy (non-hydrogen) atoms. The number of rotatable bonds is 6. The summed E-state index contributed by atoms with van der Waals surface area (Å²) in [4.78, 5) is 12.4. The van der Waals surface area contributed by atoms with Crippen LogP contribution >= 0.6 is 0 Å². The molecule has 0 heterocycles. The average molecular weight is 375 g/mol. The van der Waals surface area contributed by atoms with Crippen molar-refractivity contribution in [3.05, 3.63) is 53.1 Å². The van der Waals surface area contributed by atoms with E-state index in [-0.39, 0.29) is 17.3 Å². The van der Waals surface area contributed by atoms with Crippen LogP contribution in [0.15, 0.2) is 41.3 Å². The molecule has 0 saturated heterocycles. The zero-order chi connectivity index (χ0) is 19.5. The predicted molar refractivity (Wildman–Crippen MR) is 105 cm³/mol. The first-order chi connectivity index (χ1) is 12.1. The Kier molecular flexibility index (Phi) is 6.05. The molecule has 0 radical (unpaired) electrons. The van der Waals surface area contributed by atoms with Crippen molar-refractivity contribution in [2.45, 2.75) is 25.7 Å². The van der Waals surface area contributed by atoms with Gasteiger partial charge in [0.15, 0.2) is 0 Å². The Balaban J connectivity index is 2.01. The van der Waals surface area contributed by atoms with E-state index in [2.05, 4.69) is 22.8 Å².